The van der Waals surface area contributed by atoms with Gasteiger partial charge < -0.3 is 10.3 Å². The molecule has 2 heterocycles. The van der Waals surface area contributed by atoms with E-state index in [9.17, 15) is 13.2 Å². The van der Waals surface area contributed by atoms with Crippen LogP contribution in [-0.2, 0) is 16.3 Å². The molecule has 0 unspecified atom stereocenters. The predicted molar refractivity (Wildman–Crippen MR) is 76.0 cm³/mol. The number of hydrogen-bond acceptors (Lipinski definition) is 6. The lowest BCUT2D eigenvalue weighted by Gasteiger charge is -2.27. The van der Waals surface area contributed by atoms with Crippen LogP contribution in [0.3, 0.4) is 0 Å². The van der Waals surface area contributed by atoms with Crippen molar-refractivity contribution in [2.75, 3.05) is 30.0 Å². The van der Waals surface area contributed by atoms with Gasteiger partial charge in [-0.15, -0.1) is 0 Å². The summed E-state index contributed by atoms with van der Waals surface area (Å²) in [6.45, 7) is 2.40. The summed E-state index contributed by atoms with van der Waals surface area (Å²) in [4.78, 5) is 18.2. The largest absolute Gasteiger partial charge is 0.337 e. The highest BCUT2D eigenvalue weighted by atomic mass is 32.2. The van der Waals surface area contributed by atoms with Gasteiger partial charge >= 0.3 is 0 Å². The highest BCUT2D eigenvalue weighted by molar-refractivity contribution is 7.91. The zero-order chi connectivity index (χ0) is 14.8. The van der Waals surface area contributed by atoms with E-state index in [4.69, 9.17) is 5.84 Å². The van der Waals surface area contributed by atoms with E-state index in [1.54, 1.807) is 17.0 Å². The monoisotopic (exact) mass is 298 g/mol. The van der Waals surface area contributed by atoms with Gasteiger partial charge in [0.25, 0.3) is 5.91 Å². The van der Waals surface area contributed by atoms with Gasteiger partial charge in [0.1, 0.15) is 5.82 Å². The van der Waals surface area contributed by atoms with Crippen LogP contribution in [0.15, 0.2) is 12.1 Å². The van der Waals surface area contributed by atoms with Crippen molar-refractivity contribution in [2.45, 2.75) is 13.3 Å². The van der Waals surface area contributed by atoms with Crippen molar-refractivity contribution in [2.24, 2.45) is 5.84 Å². The van der Waals surface area contributed by atoms with Crippen molar-refractivity contribution in [3.05, 3.63) is 23.4 Å². The van der Waals surface area contributed by atoms with Crippen molar-refractivity contribution in [1.29, 1.82) is 0 Å². The highest BCUT2D eigenvalue weighted by Gasteiger charge is 2.26. The SMILES string of the molecule is CCc1cc(C(=O)N2CCS(=O)(=O)CC2)cc(NN)n1. The molecule has 110 valence electrons. The Balaban J connectivity index is 2.21. The molecule has 0 aromatic carbocycles. The number of anilines is 1. The van der Waals surface area contributed by atoms with Gasteiger partial charge in [0, 0.05) is 24.3 Å². The third kappa shape index (κ3) is 3.26. The molecule has 1 aliphatic rings. The smallest absolute Gasteiger partial charge is 0.254 e. The molecule has 1 aromatic rings. The molecule has 20 heavy (non-hydrogen) atoms. The van der Waals surface area contributed by atoms with E-state index in [0.29, 0.717) is 17.8 Å². The molecule has 2 rings (SSSR count). The molecular weight excluding hydrogens is 280 g/mol. The number of rotatable bonds is 3. The number of sulfone groups is 1. The van der Waals surface area contributed by atoms with Gasteiger partial charge in [-0.05, 0) is 18.6 Å². The van der Waals surface area contributed by atoms with Crippen LogP contribution in [0.5, 0.6) is 0 Å². The van der Waals surface area contributed by atoms with Crippen molar-refractivity contribution in [1.82, 2.24) is 9.88 Å². The number of nitrogens with zero attached hydrogens (tertiary/aromatic N) is 2. The number of nitrogens with two attached hydrogens (primary N) is 1. The lowest BCUT2D eigenvalue weighted by atomic mass is 10.1. The van der Waals surface area contributed by atoms with E-state index in [0.717, 1.165) is 5.69 Å². The van der Waals surface area contributed by atoms with Crippen molar-refractivity contribution in [3.8, 4) is 0 Å². The fourth-order valence-electron chi connectivity index (χ4n) is 2.06. The number of hydrazine groups is 1. The first-order valence-electron chi connectivity index (χ1n) is 6.42. The summed E-state index contributed by atoms with van der Waals surface area (Å²) < 4.78 is 22.8. The van der Waals surface area contributed by atoms with Crippen LogP contribution in [0.2, 0.25) is 0 Å². The summed E-state index contributed by atoms with van der Waals surface area (Å²) >= 11 is 0. The van der Waals surface area contributed by atoms with Crippen LogP contribution >= 0.6 is 0 Å². The van der Waals surface area contributed by atoms with E-state index in [1.807, 2.05) is 6.92 Å². The summed E-state index contributed by atoms with van der Waals surface area (Å²) in [6.07, 6.45) is 0.685. The van der Waals surface area contributed by atoms with Crippen LogP contribution in [0.25, 0.3) is 0 Å². The first-order valence-corrected chi connectivity index (χ1v) is 8.24. The summed E-state index contributed by atoms with van der Waals surface area (Å²) in [5.74, 6) is 5.62. The molecule has 8 heteroatoms. The summed E-state index contributed by atoms with van der Waals surface area (Å²) in [7, 11) is -3.00. The van der Waals surface area contributed by atoms with Crippen LogP contribution in [-0.4, -0.2) is 48.8 Å². The molecule has 0 atom stereocenters. The maximum atomic E-state index is 12.4. The lowest BCUT2D eigenvalue weighted by molar-refractivity contribution is 0.0770. The molecule has 3 N–H and O–H groups in total. The minimum atomic E-state index is -3.00. The first-order chi connectivity index (χ1) is 9.45. The second-order valence-corrected chi connectivity index (χ2v) is 6.98. The first kappa shape index (κ1) is 14.7. The third-order valence-electron chi connectivity index (χ3n) is 3.27. The van der Waals surface area contributed by atoms with E-state index >= 15 is 0 Å². The van der Waals surface area contributed by atoms with Gasteiger partial charge in [0.05, 0.1) is 11.5 Å². The van der Waals surface area contributed by atoms with Crippen molar-refractivity contribution in [3.63, 3.8) is 0 Å². The molecule has 1 fully saturated rings. The zero-order valence-corrected chi connectivity index (χ0v) is 12.1. The number of nitrogen functional groups attached to an aromatic ring is 1. The number of pyridine rings is 1. The van der Waals surface area contributed by atoms with Gasteiger partial charge in [-0.25, -0.2) is 19.2 Å². The number of hydrogen-bond donors (Lipinski definition) is 2. The highest BCUT2D eigenvalue weighted by Crippen LogP contribution is 2.14. The number of carbonyl (C=O) groups excluding carboxylic acids is 1. The van der Waals surface area contributed by atoms with Crippen LogP contribution in [0.1, 0.15) is 23.0 Å². The normalized spacial score (nSPS) is 17.8. The zero-order valence-electron chi connectivity index (χ0n) is 11.3. The minimum Gasteiger partial charge on any atom is -0.337 e. The molecule has 1 aromatic heterocycles. The quantitative estimate of drug-likeness (QED) is 0.591. The number of amides is 1. The van der Waals surface area contributed by atoms with E-state index in [2.05, 4.69) is 10.4 Å². The second kappa shape index (κ2) is 5.76. The molecule has 1 aliphatic heterocycles. The number of nitrogens with one attached hydrogen (secondary N) is 1. The van der Waals surface area contributed by atoms with E-state index in [-0.39, 0.29) is 30.5 Å². The van der Waals surface area contributed by atoms with Gasteiger partial charge in [0.2, 0.25) is 0 Å². The molecule has 1 amide bonds. The molecular formula is C12H18N4O3S. The molecule has 0 aliphatic carbocycles. The fraction of sp³-hybridized carbons (Fsp3) is 0.500. The summed E-state index contributed by atoms with van der Waals surface area (Å²) in [6, 6.07) is 3.29. The Morgan fingerprint density at radius 1 is 1.40 bits per heavy atom. The van der Waals surface area contributed by atoms with Gasteiger partial charge in [-0.2, -0.15) is 0 Å². The fourth-order valence-corrected chi connectivity index (χ4v) is 3.27. The maximum Gasteiger partial charge on any atom is 0.254 e. The van der Waals surface area contributed by atoms with Crippen molar-refractivity contribution < 1.29 is 13.2 Å². The average Bonchev–Trinajstić information content (AvgIpc) is 2.46. The maximum absolute atomic E-state index is 12.4. The summed E-state index contributed by atoms with van der Waals surface area (Å²) in [5.41, 5.74) is 3.67. The Labute approximate surface area is 118 Å². The molecule has 0 spiro atoms. The van der Waals surface area contributed by atoms with Crippen molar-refractivity contribution >= 4 is 21.6 Å². The van der Waals surface area contributed by atoms with Crippen LogP contribution < -0.4 is 11.3 Å². The Bertz CT molecular complexity index is 579. The van der Waals surface area contributed by atoms with E-state index in [1.165, 1.54) is 0 Å². The Hall–Kier alpha value is -1.67. The van der Waals surface area contributed by atoms with Crippen LogP contribution in [0.4, 0.5) is 5.82 Å². The number of aryl methyl sites for hydroxylation is 1. The number of aromatic nitrogens is 1. The Kier molecular flexibility index (Phi) is 4.24. The molecule has 0 bridgehead atoms. The minimum absolute atomic E-state index is 0.0203. The van der Waals surface area contributed by atoms with E-state index < -0.39 is 9.84 Å². The van der Waals surface area contributed by atoms with Gasteiger partial charge in [0.15, 0.2) is 9.84 Å². The topological polar surface area (TPSA) is 105 Å². The third-order valence-corrected chi connectivity index (χ3v) is 4.88. The average molecular weight is 298 g/mol. The van der Waals surface area contributed by atoms with Gasteiger partial charge in [-0.1, -0.05) is 6.92 Å². The molecule has 1 saturated heterocycles. The Morgan fingerprint density at radius 2 is 2.05 bits per heavy atom. The number of carbonyl (C=O) groups is 1. The van der Waals surface area contributed by atoms with Gasteiger partial charge in [-0.3, -0.25) is 4.79 Å². The molecule has 7 nitrogen and oxygen atoms in total. The summed E-state index contributed by atoms with van der Waals surface area (Å²) in [5, 5.41) is 0. The second-order valence-electron chi connectivity index (χ2n) is 4.67. The molecule has 0 radical (unpaired) electrons. The predicted octanol–water partition coefficient (Wildman–Crippen LogP) is -0.200. The lowest BCUT2D eigenvalue weighted by Crippen LogP contribution is -2.43. The molecule has 0 saturated carbocycles. The standard InChI is InChI=1S/C12H18N4O3S/c1-2-10-7-9(8-11(14-10)15-13)12(17)16-3-5-20(18,19)6-4-16/h7-8H,2-6,13H2,1H3,(H,14,15). The Morgan fingerprint density at radius 3 is 2.60 bits per heavy atom. The van der Waals surface area contributed by atoms with Crippen LogP contribution in [0, 0.1) is 0 Å².